The number of ether oxygens (including phenoxy) is 1. The molecular weight excluding hydrogens is 286 g/mol. The lowest BCUT2D eigenvalue weighted by atomic mass is 9.97. The molecule has 112 valence electrons. The van der Waals surface area contributed by atoms with Crippen LogP contribution in [0.5, 0.6) is 0 Å². The highest BCUT2D eigenvalue weighted by atomic mass is 32.3. The number of carbonyl (C=O) groups excluding carboxylic acids is 1. The quantitative estimate of drug-likeness (QED) is 0.335. The Morgan fingerprint density at radius 2 is 2.00 bits per heavy atom. The van der Waals surface area contributed by atoms with Crippen LogP contribution >= 0.6 is 0 Å². The van der Waals surface area contributed by atoms with E-state index in [2.05, 4.69) is 9.50 Å². The number of hydrogen-bond acceptors (Lipinski definition) is 8. The van der Waals surface area contributed by atoms with Gasteiger partial charge in [0.15, 0.2) is 6.29 Å². The van der Waals surface area contributed by atoms with E-state index >= 15 is 0 Å². The molecule has 19 heavy (non-hydrogen) atoms. The van der Waals surface area contributed by atoms with Gasteiger partial charge < -0.3 is 25.4 Å². The first-order valence-corrected chi connectivity index (χ1v) is 6.57. The Labute approximate surface area is 108 Å². The SMILES string of the molecule is CC(=O)N[C@H]1[C@@H](O)[C@H](OS(=O)(=O)O)[C@@H](CO)O[C@H]1O. The monoisotopic (exact) mass is 301 g/mol. The second kappa shape index (κ2) is 6.09. The van der Waals surface area contributed by atoms with E-state index < -0.39 is 53.6 Å². The molecule has 0 bridgehead atoms. The number of rotatable bonds is 4. The number of amides is 1. The summed E-state index contributed by atoms with van der Waals surface area (Å²) < 4.78 is 38.9. The second-order valence-corrected chi connectivity index (χ2v) is 5.00. The molecular formula is C8H15NO9S. The molecule has 10 nitrogen and oxygen atoms in total. The highest BCUT2D eigenvalue weighted by Gasteiger charge is 2.47. The van der Waals surface area contributed by atoms with Gasteiger partial charge >= 0.3 is 10.4 Å². The van der Waals surface area contributed by atoms with Crippen molar-refractivity contribution in [2.24, 2.45) is 0 Å². The average molecular weight is 301 g/mol. The number of aliphatic hydroxyl groups excluding tert-OH is 3. The Balaban J connectivity index is 2.94. The third-order valence-corrected chi connectivity index (χ3v) is 2.94. The van der Waals surface area contributed by atoms with Crippen molar-refractivity contribution in [2.75, 3.05) is 6.61 Å². The van der Waals surface area contributed by atoms with Crippen LogP contribution in [0, 0.1) is 0 Å². The average Bonchev–Trinajstić information content (AvgIpc) is 2.26. The van der Waals surface area contributed by atoms with Gasteiger partial charge in [0.25, 0.3) is 0 Å². The smallest absolute Gasteiger partial charge is 0.394 e. The highest BCUT2D eigenvalue weighted by Crippen LogP contribution is 2.23. The maximum Gasteiger partial charge on any atom is 0.397 e. The fourth-order valence-electron chi connectivity index (χ4n) is 1.73. The maximum atomic E-state index is 10.9. The predicted octanol–water partition coefficient (Wildman–Crippen LogP) is -3.25. The summed E-state index contributed by atoms with van der Waals surface area (Å²) in [6.07, 6.45) is -6.46. The van der Waals surface area contributed by atoms with Gasteiger partial charge in [-0.15, -0.1) is 0 Å². The summed E-state index contributed by atoms with van der Waals surface area (Å²) >= 11 is 0. The molecule has 5 atom stereocenters. The first-order valence-electron chi connectivity index (χ1n) is 5.21. The standard InChI is InChI=1S/C8H15NO9S/c1-3(11)9-5-6(12)7(18-19(14,15)16)4(2-10)17-8(5)13/h4-8,10,12-13H,2H2,1H3,(H,9,11)(H,14,15,16)/t4-,5+,6-,7-,8-/m1/s1. The number of aliphatic hydroxyl groups is 3. The molecule has 11 heteroatoms. The summed E-state index contributed by atoms with van der Waals surface area (Å²) in [7, 11) is -4.91. The minimum atomic E-state index is -4.91. The van der Waals surface area contributed by atoms with E-state index in [-0.39, 0.29) is 0 Å². The number of nitrogens with one attached hydrogen (secondary N) is 1. The summed E-state index contributed by atoms with van der Waals surface area (Å²) in [5, 5.41) is 30.5. The molecule has 0 unspecified atom stereocenters. The van der Waals surface area contributed by atoms with Gasteiger partial charge in [-0.05, 0) is 0 Å². The fourth-order valence-corrected chi connectivity index (χ4v) is 2.25. The molecule has 0 aromatic carbocycles. The van der Waals surface area contributed by atoms with Gasteiger partial charge in [-0.2, -0.15) is 8.42 Å². The maximum absolute atomic E-state index is 10.9. The van der Waals surface area contributed by atoms with Gasteiger partial charge in [-0.25, -0.2) is 4.18 Å². The largest absolute Gasteiger partial charge is 0.397 e. The predicted molar refractivity (Wildman–Crippen MR) is 58.0 cm³/mol. The molecule has 1 aliphatic heterocycles. The van der Waals surface area contributed by atoms with Gasteiger partial charge in [0.2, 0.25) is 5.91 Å². The molecule has 0 aliphatic carbocycles. The second-order valence-electron chi connectivity index (χ2n) is 3.95. The van der Waals surface area contributed by atoms with Crippen LogP contribution in [0.15, 0.2) is 0 Å². The number of carbonyl (C=O) groups is 1. The van der Waals surface area contributed by atoms with Crippen molar-refractivity contribution < 1.29 is 42.0 Å². The van der Waals surface area contributed by atoms with Crippen LogP contribution in [0.1, 0.15) is 6.92 Å². The lowest BCUT2D eigenvalue weighted by Crippen LogP contribution is -2.64. The molecule has 0 aromatic heterocycles. The Hall–Kier alpha value is -0.820. The van der Waals surface area contributed by atoms with Gasteiger partial charge in [0.1, 0.15) is 24.4 Å². The number of hydrogen-bond donors (Lipinski definition) is 5. The molecule has 0 aromatic rings. The van der Waals surface area contributed by atoms with Crippen molar-refractivity contribution in [3.8, 4) is 0 Å². The Morgan fingerprint density at radius 1 is 1.42 bits per heavy atom. The fraction of sp³-hybridized carbons (Fsp3) is 0.875. The van der Waals surface area contributed by atoms with Gasteiger partial charge in [0, 0.05) is 6.92 Å². The zero-order valence-electron chi connectivity index (χ0n) is 9.83. The molecule has 5 N–H and O–H groups in total. The molecule has 1 rings (SSSR count). The third-order valence-electron chi connectivity index (χ3n) is 2.47. The minimum absolute atomic E-state index is 0.611. The van der Waals surface area contributed by atoms with E-state index in [4.69, 9.17) is 14.4 Å². The molecule has 1 aliphatic rings. The minimum Gasteiger partial charge on any atom is -0.394 e. The van der Waals surface area contributed by atoms with Crippen molar-refractivity contribution in [3.63, 3.8) is 0 Å². The van der Waals surface area contributed by atoms with Gasteiger partial charge in [-0.3, -0.25) is 9.35 Å². The third kappa shape index (κ3) is 4.35. The van der Waals surface area contributed by atoms with E-state index in [1.165, 1.54) is 0 Å². The van der Waals surface area contributed by atoms with Crippen LogP contribution in [0.25, 0.3) is 0 Å². The zero-order chi connectivity index (χ0) is 14.8. The van der Waals surface area contributed by atoms with Crippen molar-refractivity contribution in [2.45, 2.75) is 37.6 Å². The lowest BCUT2D eigenvalue weighted by molar-refractivity contribution is -0.248. The van der Waals surface area contributed by atoms with Crippen molar-refractivity contribution in [1.82, 2.24) is 5.32 Å². The van der Waals surface area contributed by atoms with Crippen molar-refractivity contribution in [1.29, 1.82) is 0 Å². The molecule has 0 spiro atoms. The summed E-state index contributed by atoms with van der Waals surface area (Å²) in [6, 6.07) is -1.37. The van der Waals surface area contributed by atoms with E-state index in [0.29, 0.717) is 0 Å². The lowest BCUT2D eigenvalue weighted by Gasteiger charge is -2.41. The van der Waals surface area contributed by atoms with Crippen LogP contribution in [-0.2, 0) is 24.1 Å². The van der Waals surface area contributed by atoms with Crippen LogP contribution in [0.4, 0.5) is 0 Å². The summed E-state index contributed by atoms with van der Waals surface area (Å²) in [5.41, 5.74) is 0. The van der Waals surface area contributed by atoms with Crippen LogP contribution in [-0.4, -0.2) is 71.4 Å². The Morgan fingerprint density at radius 3 is 2.42 bits per heavy atom. The summed E-state index contributed by atoms with van der Waals surface area (Å²) in [4.78, 5) is 10.9. The first kappa shape index (κ1) is 16.2. The molecule has 0 saturated carbocycles. The van der Waals surface area contributed by atoms with Crippen LogP contribution in [0.3, 0.4) is 0 Å². The van der Waals surface area contributed by atoms with E-state index in [9.17, 15) is 23.4 Å². The summed E-state index contributed by atoms with van der Waals surface area (Å²) in [6.45, 7) is 0.331. The van der Waals surface area contributed by atoms with E-state index in [0.717, 1.165) is 6.92 Å². The zero-order valence-corrected chi connectivity index (χ0v) is 10.6. The highest BCUT2D eigenvalue weighted by molar-refractivity contribution is 7.80. The van der Waals surface area contributed by atoms with Gasteiger partial charge in [0.05, 0.1) is 6.61 Å². The van der Waals surface area contributed by atoms with Crippen molar-refractivity contribution >= 4 is 16.3 Å². The van der Waals surface area contributed by atoms with E-state index in [1.807, 2.05) is 0 Å². The van der Waals surface area contributed by atoms with Crippen LogP contribution in [0.2, 0.25) is 0 Å². The summed E-state index contributed by atoms with van der Waals surface area (Å²) in [5.74, 6) is -0.611. The Bertz CT molecular complexity index is 424. The van der Waals surface area contributed by atoms with Gasteiger partial charge in [-0.1, -0.05) is 0 Å². The topological polar surface area (TPSA) is 163 Å². The molecule has 1 amide bonds. The Kier molecular flexibility index (Phi) is 5.20. The van der Waals surface area contributed by atoms with Crippen LogP contribution < -0.4 is 5.32 Å². The molecule has 1 saturated heterocycles. The van der Waals surface area contributed by atoms with E-state index in [1.54, 1.807) is 0 Å². The molecule has 1 heterocycles. The molecule has 1 fully saturated rings. The van der Waals surface area contributed by atoms with Crippen molar-refractivity contribution in [3.05, 3.63) is 0 Å². The molecule has 0 radical (unpaired) electrons. The normalized spacial score (nSPS) is 35.9. The first-order chi connectivity index (χ1) is 8.65.